The topological polar surface area (TPSA) is 40.5 Å². The molecule has 1 heterocycles. The lowest BCUT2D eigenvalue weighted by Crippen LogP contribution is -2.63. The van der Waals surface area contributed by atoms with E-state index in [0.29, 0.717) is 29.9 Å². The van der Waals surface area contributed by atoms with Crippen molar-refractivity contribution >= 4 is 18.2 Å². The second-order valence-electron chi connectivity index (χ2n) is 8.84. The smallest absolute Gasteiger partial charge is 0.136 e. The summed E-state index contributed by atoms with van der Waals surface area (Å²) in [5.74, 6) is 2.47. The number of phenolic OH excluding ortho intramolecular Hbond substituents is 1. The number of hydrogen-bond acceptors (Lipinski definition) is 3. The van der Waals surface area contributed by atoms with Crippen LogP contribution in [-0.4, -0.2) is 34.9 Å². The Hall–Kier alpha value is -1.06. The van der Waals surface area contributed by atoms with E-state index in [-0.39, 0.29) is 23.7 Å². The van der Waals surface area contributed by atoms with Gasteiger partial charge in [-0.3, -0.25) is 9.69 Å². The van der Waals surface area contributed by atoms with Crippen molar-refractivity contribution in [3.05, 3.63) is 29.3 Å². The van der Waals surface area contributed by atoms with Crippen LogP contribution in [0.3, 0.4) is 0 Å². The van der Waals surface area contributed by atoms with E-state index in [2.05, 4.69) is 17.9 Å². The number of carbonyl (C=O) groups excluding carboxylic acids is 1. The molecular weight excluding hydrogens is 334 g/mol. The molecule has 1 aromatic rings. The normalized spacial score (nSPS) is 37.0. The van der Waals surface area contributed by atoms with Crippen LogP contribution in [0, 0.1) is 17.8 Å². The molecule has 2 bridgehead atoms. The fourth-order valence-electron chi connectivity index (χ4n) is 5.91. The zero-order valence-electron chi connectivity index (χ0n) is 14.9. The van der Waals surface area contributed by atoms with Gasteiger partial charge in [-0.1, -0.05) is 13.0 Å². The highest BCUT2D eigenvalue weighted by molar-refractivity contribution is 5.85. The third-order valence-electron chi connectivity index (χ3n) is 7.38. The van der Waals surface area contributed by atoms with Gasteiger partial charge >= 0.3 is 0 Å². The number of piperidine rings is 1. The summed E-state index contributed by atoms with van der Waals surface area (Å²) in [6.07, 6.45) is 6.69. The molecule has 4 heteroatoms. The number of ketones is 1. The minimum atomic E-state index is -0.0133. The molecule has 3 nitrogen and oxygen atoms in total. The van der Waals surface area contributed by atoms with Gasteiger partial charge in [-0.2, -0.15) is 0 Å². The number of benzene rings is 1. The van der Waals surface area contributed by atoms with Crippen LogP contribution in [0.25, 0.3) is 0 Å². The zero-order valence-corrected chi connectivity index (χ0v) is 15.7. The monoisotopic (exact) mass is 361 g/mol. The van der Waals surface area contributed by atoms with Crippen LogP contribution in [0.1, 0.15) is 50.2 Å². The van der Waals surface area contributed by atoms with Crippen LogP contribution >= 0.6 is 12.4 Å². The van der Waals surface area contributed by atoms with Gasteiger partial charge in [0.1, 0.15) is 11.5 Å². The van der Waals surface area contributed by atoms with Crippen molar-refractivity contribution < 1.29 is 9.90 Å². The van der Waals surface area contributed by atoms with Gasteiger partial charge in [0.2, 0.25) is 0 Å². The number of rotatable bonds is 2. The summed E-state index contributed by atoms with van der Waals surface area (Å²) in [7, 11) is 0. The van der Waals surface area contributed by atoms with Crippen LogP contribution in [-0.2, 0) is 16.6 Å². The molecule has 0 amide bonds. The zero-order chi connectivity index (χ0) is 16.5. The number of hydrogen-bond donors (Lipinski definition) is 1. The second-order valence-corrected chi connectivity index (χ2v) is 8.84. The van der Waals surface area contributed by atoms with E-state index in [1.54, 1.807) is 0 Å². The van der Waals surface area contributed by atoms with E-state index in [0.717, 1.165) is 31.7 Å². The largest absolute Gasteiger partial charge is 0.508 e. The Morgan fingerprint density at radius 2 is 2.12 bits per heavy atom. The Morgan fingerprint density at radius 3 is 2.88 bits per heavy atom. The van der Waals surface area contributed by atoms with Gasteiger partial charge in [0, 0.05) is 30.3 Å². The predicted molar refractivity (Wildman–Crippen MR) is 100 cm³/mol. The minimum Gasteiger partial charge on any atom is -0.508 e. The van der Waals surface area contributed by atoms with Crippen molar-refractivity contribution in [2.45, 2.75) is 56.9 Å². The van der Waals surface area contributed by atoms with Gasteiger partial charge in [0.25, 0.3) is 0 Å². The molecule has 4 atom stereocenters. The fourth-order valence-corrected chi connectivity index (χ4v) is 5.91. The maximum atomic E-state index is 12.6. The Labute approximate surface area is 156 Å². The molecule has 5 rings (SSSR count). The summed E-state index contributed by atoms with van der Waals surface area (Å²) in [5.41, 5.74) is 2.65. The first kappa shape index (κ1) is 17.4. The number of likely N-dealkylation sites (tertiary alicyclic amines) is 1. The summed E-state index contributed by atoms with van der Waals surface area (Å²) in [6.45, 7) is 4.50. The van der Waals surface area contributed by atoms with Crippen molar-refractivity contribution in [3.63, 3.8) is 0 Å². The number of Topliss-reactive ketones (excluding diaryl/α,β-unsaturated/α-hetero) is 1. The van der Waals surface area contributed by atoms with Gasteiger partial charge in [-0.15, -0.1) is 12.4 Å². The van der Waals surface area contributed by atoms with E-state index >= 15 is 0 Å². The Balaban J connectivity index is 0.00000157. The number of halogens is 1. The number of nitrogens with zero attached hydrogens (tertiary/aromatic N) is 1. The van der Waals surface area contributed by atoms with Crippen molar-refractivity contribution in [2.75, 3.05) is 13.1 Å². The van der Waals surface area contributed by atoms with E-state index in [9.17, 15) is 9.90 Å². The molecule has 0 radical (unpaired) electrons. The lowest BCUT2D eigenvalue weighted by molar-refractivity contribution is -0.132. The molecule has 1 unspecified atom stereocenters. The van der Waals surface area contributed by atoms with Crippen molar-refractivity contribution in [3.8, 4) is 5.75 Å². The number of aromatic hydroxyl groups is 1. The minimum absolute atomic E-state index is 0. The van der Waals surface area contributed by atoms with Crippen LogP contribution in [0.2, 0.25) is 0 Å². The van der Waals surface area contributed by atoms with Gasteiger partial charge in [0.15, 0.2) is 0 Å². The molecule has 0 spiro atoms. The maximum absolute atomic E-state index is 12.6. The van der Waals surface area contributed by atoms with Crippen LogP contribution in [0.15, 0.2) is 18.2 Å². The summed E-state index contributed by atoms with van der Waals surface area (Å²) in [4.78, 5) is 15.4. The Morgan fingerprint density at radius 1 is 1.32 bits per heavy atom. The Bertz CT molecular complexity index is 701. The molecule has 4 aliphatic rings. The van der Waals surface area contributed by atoms with Crippen LogP contribution < -0.4 is 0 Å². The quantitative estimate of drug-likeness (QED) is 0.873. The first-order valence-corrected chi connectivity index (χ1v) is 9.66. The second kappa shape index (κ2) is 5.99. The summed E-state index contributed by atoms with van der Waals surface area (Å²) < 4.78 is 0. The average molecular weight is 362 g/mol. The highest BCUT2D eigenvalue weighted by atomic mass is 35.5. The molecule has 3 fully saturated rings. The molecule has 0 aromatic heterocycles. The molecule has 3 aliphatic carbocycles. The molecule has 1 N–H and O–H groups in total. The van der Waals surface area contributed by atoms with E-state index in [1.807, 2.05) is 12.1 Å². The van der Waals surface area contributed by atoms with Crippen LogP contribution in [0.4, 0.5) is 0 Å². The third-order valence-corrected chi connectivity index (χ3v) is 7.38. The molecule has 1 aromatic carbocycles. The molecular formula is C21H28ClNO2. The lowest BCUT2D eigenvalue weighted by atomic mass is 9.50. The van der Waals surface area contributed by atoms with E-state index < -0.39 is 0 Å². The van der Waals surface area contributed by atoms with Crippen molar-refractivity contribution in [1.29, 1.82) is 0 Å². The van der Waals surface area contributed by atoms with Crippen molar-refractivity contribution in [2.24, 2.45) is 17.8 Å². The molecule has 1 saturated heterocycles. The number of fused-ring (bicyclic) bond motifs is 1. The first-order chi connectivity index (χ1) is 11.6. The average Bonchev–Trinajstić information content (AvgIpc) is 3.36. The van der Waals surface area contributed by atoms with Gasteiger partial charge in [-0.05, 0) is 73.7 Å². The maximum Gasteiger partial charge on any atom is 0.136 e. The molecule has 2 saturated carbocycles. The summed E-state index contributed by atoms with van der Waals surface area (Å²) >= 11 is 0. The summed E-state index contributed by atoms with van der Waals surface area (Å²) in [6, 6.07) is 6.49. The predicted octanol–water partition coefficient (Wildman–Crippen LogP) is 3.71. The lowest BCUT2D eigenvalue weighted by Gasteiger charge is -2.59. The van der Waals surface area contributed by atoms with E-state index in [4.69, 9.17) is 0 Å². The van der Waals surface area contributed by atoms with Crippen LogP contribution in [0.5, 0.6) is 5.75 Å². The standard InChI is InChI=1S/C21H27NO2.ClH/c1-13-8-18-19-9-15-4-5-16(23)10-17(15)21(18,11-20(13)24)6-7-22(19)12-14-2-3-14;/h4-5,10,13-14,18-19,23H,2-3,6-9,11-12H2,1H3;1H/t13?,18-,19+,21+;/m0./s1. The molecule has 136 valence electrons. The SMILES string of the molecule is CC1C[C@H]2[C@H]3Cc4ccc(O)cc4[C@@]2(CCN3CC2CC2)CC1=O.Cl. The van der Waals surface area contributed by atoms with Gasteiger partial charge < -0.3 is 5.11 Å². The number of phenols is 1. The first-order valence-electron chi connectivity index (χ1n) is 9.66. The van der Waals surface area contributed by atoms with Crippen molar-refractivity contribution in [1.82, 2.24) is 4.90 Å². The van der Waals surface area contributed by atoms with Gasteiger partial charge in [0.05, 0.1) is 0 Å². The number of carbonyl (C=O) groups is 1. The molecule has 25 heavy (non-hydrogen) atoms. The highest BCUT2D eigenvalue weighted by Gasteiger charge is 2.57. The third kappa shape index (κ3) is 2.62. The fraction of sp³-hybridized carbons (Fsp3) is 0.667. The van der Waals surface area contributed by atoms with Gasteiger partial charge in [-0.25, -0.2) is 0 Å². The summed E-state index contributed by atoms with van der Waals surface area (Å²) in [5, 5.41) is 10.1. The molecule has 1 aliphatic heterocycles. The highest BCUT2D eigenvalue weighted by Crippen LogP contribution is 2.56. The van der Waals surface area contributed by atoms with E-state index in [1.165, 1.54) is 30.5 Å². The Kier molecular flexibility index (Phi) is 4.16.